The van der Waals surface area contributed by atoms with Gasteiger partial charge in [0.05, 0.1) is 5.56 Å². The fourth-order valence-electron chi connectivity index (χ4n) is 1.87. The summed E-state index contributed by atoms with van der Waals surface area (Å²) in [7, 11) is 0. The fourth-order valence-corrected chi connectivity index (χ4v) is 2.87. The third-order valence-corrected chi connectivity index (χ3v) is 3.84. The molecule has 1 unspecified atom stereocenters. The molecule has 2 N–H and O–H groups in total. The van der Waals surface area contributed by atoms with Gasteiger partial charge in [0, 0.05) is 28.0 Å². The number of nitrogens with one attached hydrogen (secondary N) is 1. The second-order valence-electron chi connectivity index (χ2n) is 4.32. The van der Waals surface area contributed by atoms with Crippen LogP contribution in [-0.2, 0) is 6.42 Å². The van der Waals surface area contributed by atoms with Gasteiger partial charge in [0.1, 0.15) is 0 Å². The van der Waals surface area contributed by atoms with Crippen LogP contribution in [0, 0.1) is 0 Å². The highest BCUT2D eigenvalue weighted by molar-refractivity contribution is 7.09. The largest absolute Gasteiger partial charge is 0.478 e. The quantitative estimate of drug-likeness (QED) is 0.871. The normalized spacial score (nSPS) is 12.1. The van der Waals surface area contributed by atoms with Crippen molar-refractivity contribution in [1.82, 2.24) is 0 Å². The van der Waals surface area contributed by atoms with E-state index in [1.807, 2.05) is 18.4 Å². The van der Waals surface area contributed by atoms with Crippen LogP contribution in [0.4, 0.5) is 5.69 Å². The lowest BCUT2D eigenvalue weighted by Gasteiger charge is -2.16. The van der Waals surface area contributed by atoms with Crippen LogP contribution in [0.3, 0.4) is 0 Å². The minimum atomic E-state index is -0.978. The number of aromatic carboxylic acids is 1. The first-order chi connectivity index (χ1) is 9.06. The maximum absolute atomic E-state index is 11.2. The molecule has 0 fully saturated rings. The van der Waals surface area contributed by atoms with Crippen molar-refractivity contribution in [2.24, 2.45) is 0 Å². The monoisotopic (exact) mass is 295 g/mol. The summed E-state index contributed by atoms with van der Waals surface area (Å²) in [6, 6.07) is 9.09. The molecule has 0 bridgehead atoms. The number of thiophene rings is 1. The van der Waals surface area contributed by atoms with Gasteiger partial charge in [0.25, 0.3) is 0 Å². The van der Waals surface area contributed by atoms with Gasteiger partial charge in [-0.15, -0.1) is 11.3 Å². The second-order valence-corrected chi connectivity index (χ2v) is 5.79. The van der Waals surface area contributed by atoms with Crippen molar-refractivity contribution in [1.29, 1.82) is 0 Å². The van der Waals surface area contributed by atoms with E-state index in [4.69, 9.17) is 16.7 Å². The van der Waals surface area contributed by atoms with Gasteiger partial charge in [-0.2, -0.15) is 0 Å². The lowest BCUT2D eigenvalue weighted by atomic mass is 10.1. The van der Waals surface area contributed by atoms with Crippen molar-refractivity contribution in [3.05, 3.63) is 51.2 Å². The van der Waals surface area contributed by atoms with E-state index in [-0.39, 0.29) is 11.6 Å². The summed E-state index contributed by atoms with van der Waals surface area (Å²) in [6.45, 7) is 2.03. The van der Waals surface area contributed by atoms with Gasteiger partial charge in [-0.05, 0) is 36.6 Å². The molecular formula is C14H14ClNO2S. The van der Waals surface area contributed by atoms with E-state index >= 15 is 0 Å². The van der Waals surface area contributed by atoms with Crippen molar-refractivity contribution in [3.8, 4) is 0 Å². The summed E-state index contributed by atoms with van der Waals surface area (Å²) in [6.07, 6.45) is 0.860. The number of rotatable bonds is 5. The summed E-state index contributed by atoms with van der Waals surface area (Å²) in [5.74, 6) is -0.978. The Balaban J connectivity index is 2.12. The summed E-state index contributed by atoms with van der Waals surface area (Å²) in [5.41, 5.74) is 0.798. The van der Waals surface area contributed by atoms with E-state index in [9.17, 15) is 4.79 Å². The van der Waals surface area contributed by atoms with Crippen molar-refractivity contribution >= 4 is 34.6 Å². The van der Waals surface area contributed by atoms with E-state index in [0.717, 1.165) is 6.42 Å². The first kappa shape index (κ1) is 13.9. The second kappa shape index (κ2) is 6.08. The average molecular weight is 296 g/mol. The molecule has 0 aliphatic heterocycles. The van der Waals surface area contributed by atoms with Gasteiger partial charge < -0.3 is 10.4 Å². The maximum Gasteiger partial charge on any atom is 0.337 e. The van der Waals surface area contributed by atoms with Crippen molar-refractivity contribution in [2.45, 2.75) is 19.4 Å². The molecule has 3 nitrogen and oxygen atoms in total. The number of benzene rings is 1. The first-order valence-electron chi connectivity index (χ1n) is 5.88. The zero-order valence-electron chi connectivity index (χ0n) is 10.4. The Morgan fingerprint density at radius 1 is 1.47 bits per heavy atom. The number of halogens is 1. The molecule has 0 saturated heterocycles. The van der Waals surface area contributed by atoms with Crippen LogP contribution in [0.5, 0.6) is 0 Å². The Kier molecular flexibility index (Phi) is 4.45. The molecule has 1 heterocycles. The Labute approximate surface area is 120 Å². The predicted octanol–water partition coefficient (Wildman–Crippen LogP) is 4.14. The zero-order valence-corrected chi connectivity index (χ0v) is 12.0. The topological polar surface area (TPSA) is 49.3 Å². The molecule has 1 aromatic carbocycles. The third-order valence-electron chi connectivity index (χ3n) is 2.70. The molecule has 2 rings (SSSR count). The third kappa shape index (κ3) is 3.72. The van der Waals surface area contributed by atoms with Crippen LogP contribution < -0.4 is 5.32 Å². The van der Waals surface area contributed by atoms with Gasteiger partial charge in [-0.3, -0.25) is 0 Å². The van der Waals surface area contributed by atoms with Crippen molar-refractivity contribution in [3.63, 3.8) is 0 Å². The molecular weight excluding hydrogens is 282 g/mol. The number of hydrogen-bond donors (Lipinski definition) is 2. The highest BCUT2D eigenvalue weighted by Crippen LogP contribution is 2.22. The molecule has 100 valence electrons. The highest BCUT2D eigenvalue weighted by Gasteiger charge is 2.13. The van der Waals surface area contributed by atoms with Crippen LogP contribution >= 0.6 is 22.9 Å². The lowest BCUT2D eigenvalue weighted by molar-refractivity contribution is 0.0698. The fraction of sp³-hybridized carbons (Fsp3) is 0.214. The molecule has 0 amide bonds. The van der Waals surface area contributed by atoms with E-state index < -0.39 is 5.97 Å². The summed E-state index contributed by atoms with van der Waals surface area (Å²) in [4.78, 5) is 12.4. The standard InChI is InChI=1S/C14H14ClNO2S/c1-9(7-11-3-2-6-19-11)16-13-5-4-10(15)8-12(13)14(17)18/h2-6,8-9,16H,7H2,1H3,(H,17,18). The minimum absolute atomic E-state index is 0.151. The molecule has 0 saturated carbocycles. The highest BCUT2D eigenvalue weighted by atomic mass is 35.5. The van der Waals surface area contributed by atoms with Crippen molar-refractivity contribution < 1.29 is 9.90 Å². The number of anilines is 1. The smallest absolute Gasteiger partial charge is 0.337 e. The molecule has 5 heteroatoms. The maximum atomic E-state index is 11.2. The summed E-state index contributed by atoms with van der Waals surface area (Å²) >= 11 is 7.52. The average Bonchev–Trinajstić information content (AvgIpc) is 2.83. The van der Waals surface area contributed by atoms with Gasteiger partial charge in [0.15, 0.2) is 0 Å². The molecule has 2 aromatic rings. The molecule has 1 atom stereocenters. The Hall–Kier alpha value is -1.52. The Morgan fingerprint density at radius 2 is 2.26 bits per heavy atom. The van der Waals surface area contributed by atoms with Crippen LogP contribution in [-0.4, -0.2) is 17.1 Å². The molecule has 0 spiro atoms. The number of carboxylic acids is 1. The summed E-state index contributed by atoms with van der Waals surface area (Å²) < 4.78 is 0. The van der Waals surface area contributed by atoms with Crippen LogP contribution in [0.15, 0.2) is 35.7 Å². The SMILES string of the molecule is CC(Cc1cccs1)Nc1ccc(Cl)cc1C(=O)O. The molecule has 1 aromatic heterocycles. The molecule has 0 aliphatic carbocycles. The van der Waals surface area contributed by atoms with Crippen LogP contribution in [0.25, 0.3) is 0 Å². The first-order valence-corrected chi connectivity index (χ1v) is 7.14. The number of carbonyl (C=O) groups is 1. The predicted molar refractivity (Wildman–Crippen MR) is 79.5 cm³/mol. The van der Waals surface area contributed by atoms with E-state index in [2.05, 4.69) is 11.4 Å². The van der Waals surface area contributed by atoms with Gasteiger partial charge >= 0.3 is 5.97 Å². The van der Waals surface area contributed by atoms with E-state index in [1.165, 1.54) is 10.9 Å². The molecule has 19 heavy (non-hydrogen) atoms. The van der Waals surface area contributed by atoms with E-state index in [0.29, 0.717) is 10.7 Å². The van der Waals surface area contributed by atoms with Crippen molar-refractivity contribution in [2.75, 3.05) is 5.32 Å². The minimum Gasteiger partial charge on any atom is -0.478 e. The lowest BCUT2D eigenvalue weighted by Crippen LogP contribution is -2.19. The molecule has 0 aliphatic rings. The van der Waals surface area contributed by atoms with Gasteiger partial charge in [0.2, 0.25) is 0 Å². The number of carboxylic acid groups (broad SMARTS) is 1. The molecule has 0 radical (unpaired) electrons. The van der Waals surface area contributed by atoms with Crippen LogP contribution in [0.1, 0.15) is 22.2 Å². The van der Waals surface area contributed by atoms with Gasteiger partial charge in [-0.25, -0.2) is 4.79 Å². The Morgan fingerprint density at radius 3 is 2.89 bits per heavy atom. The zero-order chi connectivity index (χ0) is 13.8. The van der Waals surface area contributed by atoms with Crippen LogP contribution in [0.2, 0.25) is 5.02 Å². The van der Waals surface area contributed by atoms with Gasteiger partial charge in [-0.1, -0.05) is 17.7 Å². The Bertz CT molecular complexity index is 569. The summed E-state index contributed by atoms with van der Waals surface area (Å²) in [5, 5.41) is 14.8. The number of hydrogen-bond acceptors (Lipinski definition) is 3. The van der Waals surface area contributed by atoms with E-state index in [1.54, 1.807) is 23.5 Å².